The average Bonchev–Trinajstić information content (AvgIpc) is 2.75. The Morgan fingerprint density at radius 1 is 0.677 bits per heavy atom. The first-order valence-corrected chi connectivity index (χ1v) is 12.2. The molecule has 0 aliphatic heterocycles. The number of rotatable bonds is 19. The van der Waals surface area contributed by atoms with Crippen LogP contribution in [0.4, 0.5) is 0 Å². The summed E-state index contributed by atoms with van der Waals surface area (Å²) in [6, 6.07) is 6.52. The Bertz CT molecular complexity index is 592. The molecule has 0 radical (unpaired) electrons. The van der Waals surface area contributed by atoms with Crippen molar-refractivity contribution in [3.05, 3.63) is 35.4 Å². The van der Waals surface area contributed by atoms with Gasteiger partial charge in [0.2, 0.25) is 5.91 Å². The quantitative estimate of drug-likeness (QED) is 0.150. The van der Waals surface area contributed by atoms with Crippen LogP contribution in [0.3, 0.4) is 0 Å². The Balaban J connectivity index is 0.00000900. The summed E-state index contributed by atoms with van der Waals surface area (Å²) in [4.78, 5) is 23.5. The van der Waals surface area contributed by atoms with Crippen molar-refractivity contribution < 1.29 is 14.3 Å². The third-order valence-electron chi connectivity index (χ3n) is 5.64. The molecular weight excluding hydrogens is 397 g/mol. The van der Waals surface area contributed by atoms with Gasteiger partial charge in [0.05, 0.1) is 17.7 Å². The maximum atomic E-state index is 12.1. The van der Waals surface area contributed by atoms with Crippen molar-refractivity contribution in [1.82, 2.24) is 0 Å². The summed E-state index contributed by atoms with van der Waals surface area (Å²) >= 11 is 0. The molecule has 0 saturated carbocycles. The molecule has 31 heavy (non-hydrogen) atoms. The first-order valence-electron chi connectivity index (χ1n) is 12.2. The second kappa shape index (κ2) is 21.0. The predicted molar refractivity (Wildman–Crippen MR) is 132 cm³/mol. The zero-order valence-corrected chi connectivity index (χ0v) is 19.1. The van der Waals surface area contributed by atoms with Crippen LogP contribution in [0.15, 0.2) is 24.3 Å². The molecule has 1 amide bonds. The molecule has 0 spiro atoms. The Kier molecular flexibility index (Phi) is 20.5. The SMILES string of the molecule is CCCCCCCCCCCCCCCCCCOC(=O)c1ccccc1C(N)=O.[NaH]. The predicted octanol–water partition coefficient (Wildman–Crippen LogP) is 6.56. The van der Waals surface area contributed by atoms with Crippen LogP contribution < -0.4 is 5.73 Å². The standard InChI is InChI=1S/C26H43NO3.Na.H/c1-2-3-4-5-6-7-8-9-10-11-12-13-14-15-16-19-22-30-26(29)24-21-18-17-20-23(24)25(27)28;;/h17-18,20-21H,2-16,19,22H2,1H3,(H2,27,28);;. The van der Waals surface area contributed by atoms with Gasteiger partial charge in [-0.1, -0.05) is 115 Å². The molecular formula is C26H44NNaO3. The molecule has 4 nitrogen and oxygen atoms in total. The molecule has 0 bridgehead atoms. The van der Waals surface area contributed by atoms with Gasteiger partial charge in [0.15, 0.2) is 0 Å². The van der Waals surface area contributed by atoms with Gasteiger partial charge in [-0.25, -0.2) is 4.79 Å². The first kappa shape index (κ1) is 30.2. The van der Waals surface area contributed by atoms with E-state index in [9.17, 15) is 9.59 Å². The molecule has 0 aliphatic rings. The van der Waals surface area contributed by atoms with Crippen LogP contribution in [0, 0.1) is 0 Å². The van der Waals surface area contributed by atoms with E-state index >= 15 is 0 Å². The van der Waals surface area contributed by atoms with Crippen molar-refractivity contribution in [2.75, 3.05) is 6.61 Å². The Morgan fingerprint density at radius 3 is 1.48 bits per heavy atom. The van der Waals surface area contributed by atoms with Crippen LogP contribution in [-0.2, 0) is 4.74 Å². The fourth-order valence-corrected chi connectivity index (χ4v) is 3.77. The zero-order valence-electron chi connectivity index (χ0n) is 19.1. The van der Waals surface area contributed by atoms with Gasteiger partial charge in [-0.15, -0.1) is 0 Å². The molecule has 1 rings (SSSR count). The van der Waals surface area contributed by atoms with Gasteiger partial charge in [-0.05, 0) is 18.6 Å². The Labute approximate surface area is 212 Å². The van der Waals surface area contributed by atoms with Gasteiger partial charge in [0.25, 0.3) is 0 Å². The van der Waals surface area contributed by atoms with Crippen molar-refractivity contribution in [2.45, 2.75) is 110 Å². The minimum absolute atomic E-state index is 0. The number of hydrogen-bond donors (Lipinski definition) is 1. The first-order chi connectivity index (χ1) is 14.7. The van der Waals surface area contributed by atoms with Crippen molar-refractivity contribution >= 4 is 41.4 Å². The molecule has 0 unspecified atom stereocenters. The number of esters is 1. The van der Waals surface area contributed by atoms with Gasteiger partial charge in [-0.2, -0.15) is 0 Å². The summed E-state index contributed by atoms with van der Waals surface area (Å²) in [5.41, 5.74) is 5.77. The zero-order chi connectivity index (χ0) is 21.9. The number of carbonyl (C=O) groups excluding carboxylic acids is 2. The number of unbranched alkanes of at least 4 members (excludes halogenated alkanes) is 15. The second-order valence-electron chi connectivity index (χ2n) is 8.35. The van der Waals surface area contributed by atoms with Crippen molar-refractivity contribution in [3.8, 4) is 0 Å². The fourth-order valence-electron chi connectivity index (χ4n) is 3.77. The summed E-state index contributed by atoms with van der Waals surface area (Å²) in [5, 5.41) is 0. The van der Waals surface area contributed by atoms with Gasteiger partial charge < -0.3 is 10.5 Å². The van der Waals surface area contributed by atoms with Crippen LogP contribution in [0.2, 0.25) is 0 Å². The van der Waals surface area contributed by atoms with Gasteiger partial charge in [0, 0.05) is 0 Å². The van der Waals surface area contributed by atoms with E-state index in [4.69, 9.17) is 10.5 Å². The van der Waals surface area contributed by atoms with Gasteiger partial charge in [0.1, 0.15) is 0 Å². The number of primary amides is 1. The molecule has 5 heteroatoms. The normalized spacial score (nSPS) is 10.5. The van der Waals surface area contributed by atoms with E-state index in [2.05, 4.69) is 6.92 Å². The molecule has 0 atom stereocenters. The van der Waals surface area contributed by atoms with Crippen LogP contribution >= 0.6 is 0 Å². The molecule has 1 aromatic rings. The fraction of sp³-hybridized carbons (Fsp3) is 0.692. The molecule has 0 heterocycles. The monoisotopic (exact) mass is 441 g/mol. The van der Waals surface area contributed by atoms with E-state index in [1.54, 1.807) is 24.3 Å². The summed E-state index contributed by atoms with van der Waals surface area (Å²) in [5.74, 6) is -1.07. The maximum absolute atomic E-state index is 12.1. The van der Waals surface area contributed by atoms with Crippen molar-refractivity contribution in [2.24, 2.45) is 5.73 Å². The third-order valence-corrected chi connectivity index (χ3v) is 5.64. The topological polar surface area (TPSA) is 69.4 Å². The van der Waals surface area contributed by atoms with E-state index in [0.29, 0.717) is 6.61 Å². The average molecular weight is 442 g/mol. The molecule has 0 aliphatic carbocycles. The van der Waals surface area contributed by atoms with E-state index in [-0.39, 0.29) is 40.7 Å². The van der Waals surface area contributed by atoms with E-state index < -0.39 is 11.9 Å². The molecule has 0 saturated heterocycles. The van der Waals surface area contributed by atoms with E-state index in [1.807, 2.05) is 0 Å². The number of benzene rings is 1. The Hall–Kier alpha value is -0.840. The summed E-state index contributed by atoms with van der Waals surface area (Å²) in [6.45, 7) is 2.66. The summed E-state index contributed by atoms with van der Waals surface area (Å²) < 4.78 is 5.29. The minimum atomic E-state index is -0.607. The Morgan fingerprint density at radius 2 is 1.06 bits per heavy atom. The number of amides is 1. The molecule has 2 N–H and O–H groups in total. The van der Waals surface area contributed by atoms with E-state index in [0.717, 1.165) is 12.8 Å². The summed E-state index contributed by atoms with van der Waals surface area (Å²) in [6.07, 6.45) is 21.0. The van der Waals surface area contributed by atoms with Gasteiger partial charge in [-0.3, -0.25) is 4.79 Å². The van der Waals surface area contributed by atoms with Crippen LogP contribution in [0.5, 0.6) is 0 Å². The molecule has 0 fully saturated rings. The van der Waals surface area contributed by atoms with Crippen molar-refractivity contribution in [3.63, 3.8) is 0 Å². The third kappa shape index (κ3) is 15.6. The molecule has 0 aromatic heterocycles. The molecule has 172 valence electrons. The van der Waals surface area contributed by atoms with Gasteiger partial charge >= 0.3 is 35.5 Å². The van der Waals surface area contributed by atoms with Crippen LogP contribution in [0.25, 0.3) is 0 Å². The van der Waals surface area contributed by atoms with Crippen LogP contribution in [0.1, 0.15) is 130 Å². The number of carbonyl (C=O) groups is 2. The number of hydrogen-bond acceptors (Lipinski definition) is 3. The number of nitrogens with two attached hydrogens (primary N) is 1. The van der Waals surface area contributed by atoms with Crippen LogP contribution in [-0.4, -0.2) is 48.0 Å². The van der Waals surface area contributed by atoms with Crippen molar-refractivity contribution in [1.29, 1.82) is 0 Å². The van der Waals surface area contributed by atoms with E-state index in [1.165, 1.54) is 89.9 Å². The molecule has 1 aromatic carbocycles. The summed E-state index contributed by atoms with van der Waals surface area (Å²) in [7, 11) is 0. The second-order valence-corrected chi connectivity index (χ2v) is 8.35. The number of ether oxygens (including phenoxy) is 1.